The normalized spacial score (nSPS) is 10.3. The smallest absolute Gasteiger partial charge is 0.256 e. The molecule has 0 radical (unpaired) electrons. The van der Waals surface area contributed by atoms with Gasteiger partial charge in [0.25, 0.3) is 5.91 Å². The molecule has 0 heterocycles. The van der Waals surface area contributed by atoms with Crippen molar-refractivity contribution < 1.29 is 9.53 Å². The highest BCUT2D eigenvalue weighted by molar-refractivity contribution is 5.99. The summed E-state index contributed by atoms with van der Waals surface area (Å²) in [6.07, 6.45) is 1.03. The van der Waals surface area contributed by atoms with Crippen molar-refractivity contribution >= 4 is 11.6 Å². The molecule has 1 rings (SSSR count). The van der Waals surface area contributed by atoms with Crippen LogP contribution in [0.1, 0.15) is 30.6 Å². The Balaban J connectivity index is 2.84. The van der Waals surface area contributed by atoms with Crippen molar-refractivity contribution in [2.45, 2.75) is 20.3 Å². The molecule has 0 aliphatic carbocycles. The zero-order valence-electron chi connectivity index (χ0n) is 12.1. The number of para-hydroxylation sites is 1. The summed E-state index contributed by atoms with van der Waals surface area (Å²) in [5.74, 6) is 0.0544. The molecule has 0 fully saturated rings. The summed E-state index contributed by atoms with van der Waals surface area (Å²) >= 11 is 0. The topological polar surface area (TPSA) is 41.6 Å². The molecule has 0 aromatic heterocycles. The van der Waals surface area contributed by atoms with Gasteiger partial charge in [-0.15, -0.1) is 0 Å². The number of methoxy groups -OCH3 is 1. The molecule has 0 bridgehead atoms. The van der Waals surface area contributed by atoms with Crippen LogP contribution in [0.5, 0.6) is 0 Å². The van der Waals surface area contributed by atoms with E-state index in [1.54, 1.807) is 12.0 Å². The van der Waals surface area contributed by atoms with Gasteiger partial charge >= 0.3 is 0 Å². The van der Waals surface area contributed by atoms with E-state index in [0.29, 0.717) is 19.7 Å². The van der Waals surface area contributed by atoms with E-state index in [1.807, 2.05) is 31.2 Å². The van der Waals surface area contributed by atoms with Crippen molar-refractivity contribution in [1.29, 1.82) is 0 Å². The quantitative estimate of drug-likeness (QED) is 0.784. The summed E-state index contributed by atoms with van der Waals surface area (Å²) < 4.78 is 5.05. The lowest BCUT2D eigenvalue weighted by Gasteiger charge is -2.22. The van der Waals surface area contributed by atoms with Gasteiger partial charge in [-0.1, -0.05) is 19.1 Å². The minimum absolute atomic E-state index is 0.0544. The molecule has 0 aliphatic heterocycles. The Kier molecular flexibility index (Phi) is 6.97. The maximum absolute atomic E-state index is 12.5. The van der Waals surface area contributed by atoms with Crippen LogP contribution in [-0.4, -0.2) is 44.2 Å². The molecule has 19 heavy (non-hydrogen) atoms. The average Bonchev–Trinajstić information content (AvgIpc) is 2.46. The number of carbonyl (C=O) groups excluding carboxylic acids is 1. The number of amides is 1. The van der Waals surface area contributed by atoms with Crippen LogP contribution in [-0.2, 0) is 4.74 Å². The predicted octanol–water partition coefficient (Wildman–Crippen LogP) is 2.62. The second-order valence-electron chi connectivity index (χ2n) is 4.35. The van der Waals surface area contributed by atoms with Crippen molar-refractivity contribution in [1.82, 2.24) is 4.90 Å². The Labute approximate surface area is 115 Å². The number of rotatable bonds is 8. The van der Waals surface area contributed by atoms with Crippen molar-refractivity contribution in [3.05, 3.63) is 29.8 Å². The molecule has 4 nitrogen and oxygen atoms in total. The van der Waals surface area contributed by atoms with Gasteiger partial charge in [0.1, 0.15) is 0 Å². The van der Waals surface area contributed by atoms with Crippen LogP contribution in [0.3, 0.4) is 0 Å². The van der Waals surface area contributed by atoms with E-state index in [1.165, 1.54) is 0 Å². The third-order valence-electron chi connectivity index (χ3n) is 2.96. The van der Waals surface area contributed by atoms with E-state index in [4.69, 9.17) is 4.74 Å². The molecule has 4 heteroatoms. The highest BCUT2D eigenvalue weighted by Crippen LogP contribution is 2.17. The Morgan fingerprint density at radius 2 is 2.05 bits per heavy atom. The van der Waals surface area contributed by atoms with Crippen LogP contribution in [0.4, 0.5) is 5.69 Å². The Hall–Kier alpha value is -1.55. The number of benzene rings is 1. The van der Waals surface area contributed by atoms with Crippen molar-refractivity contribution in [3.63, 3.8) is 0 Å². The van der Waals surface area contributed by atoms with Gasteiger partial charge in [-0.2, -0.15) is 0 Å². The van der Waals surface area contributed by atoms with Gasteiger partial charge in [-0.25, -0.2) is 0 Å². The third kappa shape index (κ3) is 4.56. The molecule has 0 unspecified atom stereocenters. The van der Waals surface area contributed by atoms with Crippen LogP contribution in [0, 0.1) is 0 Å². The molecule has 1 N–H and O–H groups in total. The van der Waals surface area contributed by atoms with Gasteiger partial charge in [-0.3, -0.25) is 4.79 Å². The van der Waals surface area contributed by atoms with Crippen molar-refractivity contribution in [2.75, 3.05) is 38.7 Å². The summed E-state index contributed by atoms with van der Waals surface area (Å²) in [4.78, 5) is 14.3. The number of ether oxygens (including phenoxy) is 1. The minimum Gasteiger partial charge on any atom is -0.384 e. The molecular weight excluding hydrogens is 240 g/mol. The van der Waals surface area contributed by atoms with E-state index >= 15 is 0 Å². The van der Waals surface area contributed by atoms with E-state index in [0.717, 1.165) is 24.2 Å². The molecule has 0 aliphatic rings. The van der Waals surface area contributed by atoms with Gasteiger partial charge in [0.05, 0.1) is 12.2 Å². The van der Waals surface area contributed by atoms with Crippen molar-refractivity contribution in [3.8, 4) is 0 Å². The average molecular weight is 264 g/mol. The maximum Gasteiger partial charge on any atom is 0.256 e. The fraction of sp³-hybridized carbons (Fsp3) is 0.533. The zero-order valence-corrected chi connectivity index (χ0v) is 12.1. The number of anilines is 1. The first-order chi connectivity index (χ1) is 9.24. The van der Waals surface area contributed by atoms with Crippen LogP contribution >= 0.6 is 0 Å². The predicted molar refractivity (Wildman–Crippen MR) is 78.7 cm³/mol. The SMILES string of the molecule is CCCNc1ccccc1C(=O)N(CC)CCOC. The fourth-order valence-corrected chi connectivity index (χ4v) is 1.86. The standard InChI is InChI=1S/C15H24N2O2/c1-4-10-16-14-9-7-6-8-13(14)15(18)17(5-2)11-12-19-3/h6-9,16H,4-5,10-12H2,1-3H3. The first-order valence-electron chi connectivity index (χ1n) is 6.85. The lowest BCUT2D eigenvalue weighted by atomic mass is 10.1. The zero-order chi connectivity index (χ0) is 14.1. The second-order valence-corrected chi connectivity index (χ2v) is 4.35. The minimum atomic E-state index is 0.0544. The largest absolute Gasteiger partial charge is 0.384 e. The van der Waals surface area contributed by atoms with Gasteiger partial charge in [0, 0.05) is 32.4 Å². The van der Waals surface area contributed by atoms with Crippen LogP contribution in [0.2, 0.25) is 0 Å². The molecule has 0 saturated carbocycles. The summed E-state index contributed by atoms with van der Waals surface area (Å²) in [6.45, 7) is 6.82. The Morgan fingerprint density at radius 1 is 1.32 bits per heavy atom. The van der Waals surface area contributed by atoms with E-state index in [9.17, 15) is 4.79 Å². The van der Waals surface area contributed by atoms with E-state index in [2.05, 4.69) is 12.2 Å². The van der Waals surface area contributed by atoms with Gasteiger partial charge < -0.3 is 15.0 Å². The number of nitrogens with one attached hydrogen (secondary N) is 1. The van der Waals surface area contributed by atoms with Gasteiger partial charge in [-0.05, 0) is 25.5 Å². The first kappa shape index (κ1) is 15.5. The molecule has 1 aromatic carbocycles. The number of carbonyl (C=O) groups is 1. The van der Waals surface area contributed by atoms with E-state index < -0.39 is 0 Å². The Bertz CT molecular complexity index is 393. The first-order valence-corrected chi connectivity index (χ1v) is 6.85. The highest BCUT2D eigenvalue weighted by Gasteiger charge is 2.16. The van der Waals surface area contributed by atoms with Crippen molar-refractivity contribution in [2.24, 2.45) is 0 Å². The molecule has 0 saturated heterocycles. The monoisotopic (exact) mass is 264 g/mol. The maximum atomic E-state index is 12.5. The lowest BCUT2D eigenvalue weighted by Crippen LogP contribution is -2.34. The van der Waals surface area contributed by atoms with Crippen LogP contribution in [0.15, 0.2) is 24.3 Å². The lowest BCUT2D eigenvalue weighted by molar-refractivity contribution is 0.0707. The number of hydrogen-bond acceptors (Lipinski definition) is 3. The van der Waals surface area contributed by atoms with Crippen LogP contribution < -0.4 is 5.32 Å². The number of likely N-dealkylation sites (N-methyl/N-ethyl adjacent to an activating group) is 1. The molecule has 0 spiro atoms. The summed E-state index contributed by atoms with van der Waals surface area (Å²) in [7, 11) is 1.65. The van der Waals surface area contributed by atoms with Gasteiger partial charge in [0.15, 0.2) is 0 Å². The third-order valence-corrected chi connectivity index (χ3v) is 2.96. The number of hydrogen-bond donors (Lipinski definition) is 1. The summed E-state index contributed by atoms with van der Waals surface area (Å²) in [5, 5.41) is 3.30. The summed E-state index contributed by atoms with van der Waals surface area (Å²) in [5.41, 5.74) is 1.64. The van der Waals surface area contributed by atoms with Crippen LogP contribution in [0.25, 0.3) is 0 Å². The molecular formula is C15H24N2O2. The fourth-order valence-electron chi connectivity index (χ4n) is 1.86. The summed E-state index contributed by atoms with van der Waals surface area (Å²) in [6, 6.07) is 7.66. The van der Waals surface area contributed by atoms with E-state index in [-0.39, 0.29) is 5.91 Å². The molecule has 1 aromatic rings. The van der Waals surface area contributed by atoms with Gasteiger partial charge in [0.2, 0.25) is 0 Å². The Morgan fingerprint density at radius 3 is 2.68 bits per heavy atom. The molecule has 1 amide bonds. The molecule has 106 valence electrons. The second kappa shape index (κ2) is 8.53. The molecule has 0 atom stereocenters. The highest BCUT2D eigenvalue weighted by atomic mass is 16.5. The number of nitrogens with zero attached hydrogens (tertiary/aromatic N) is 1.